The molecule has 19 heavy (non-hydrogen) atoms. The second-order valence-corrected chi connectivity index (χ2v) is 6.13. The number of nitrogens with two attached hydrogens (primary N) is 1. The van der Waals surface area contributed by atoms with Crippen LogP contribution in [0.1, 0.15) is 30.7 Å². The Morgan fingerprint density at radius 1 is 1.42 bits per heavy atom. The second-order valence-electron chi connectivity index (χ2n) is 4.99. The predicted octanol–water partition coefficient (Wildman–Crippen LogP) is 3.73. The Balaban J connectivity index is 2.45. The lowest BCUT2D eigenvalue weighted by Gasteiger charge is -2.23. The van der Waals surface area contributed by atoms with Crippen molar-refractivity contribution >= 4 is 21.4 Å². The number of hydrogen-bond acceptors (Lipinski definition) is 3. The number of rotatable bonds is 5. The first kappa shape index (κ1) is 14.4. The molecule has 2 rings (SSSR count). The minimum Gasteiger partial charge on any atom is -0.326 e. The van der Waals surface area contributed by atoms with Gasteiger partial charge in [-0.2, -0.15) is 0 Å². The fourth-order valence-electron chi connectivity index (χ4n) is 2.27. The van der Waals surface area contributed by atoms with E-state index in [2.05, 4.69) is 25.8 Å². The first-order chi connectivity index (χ1) is 9.08. The summed E-state index contributed by atoms with van der Waals surface area (Å²) in [7, 11) is 2.08. The maximum absolute atomic E-state index is 14.1. The molecule has 1 aromatic carbocycles. The highest BCUT2D eigenvalue weighted by molar-refractivity contribution is 7.19. The molecule has 0 amide bonds. The highest BCUT2D eigenvalue weighted by Crippen LogP contribution is 2.34. The zero-order valence-electron chi connectivity index (χ0n) is 11.7. The highest BCUT2D eigenvalue weighted by atomic mass is 32.1. The Labute approximate surface area is 118 Å². The fraction of sp³-hybridized carbons (Fsp3) is 0.467. The molecule has 1 aromatic heterocycles. The number of benzene rings is 1. The van der Waals surface area contributed by atoms with Crippen LogP contribution in [0.3, 0.4) is 0 Å². The van der Waals surface area contributed by atoms with Crippen molar-refractivity contribution in [3.05, 3.63) is 34.5 Å². The Kier molecular flexibility index (Phi) is 4.55. The van der Waals surface area contributed by atoms with E-state index in [0.717, 1.165) is 33.5 Å². The van der Waals surface area contributed by atoms with E-state index in [1.165, 1.54) is 6.07 Å². The molecule has 0 radical (unpaired) electrons. The summed E-state index contributed by atoms with van der Waals surface area (Å²) in [5.41, 5.74) is 6.88. The Morgan fingerprint density at radius 3 is 2.79 bits per heavy atom. The molecule has 0 fully saturated rings. The molecule has 2 aromatic rings. The van der Waals surface area contributed by atoms with Gasteiger partial charge in [0, 0.05) is 34.1 Å². The van der Waals surface area contributed by atoms with Crippen molar-refractivity contribution in [1.29, 1.82) is 0 Å². The first-order valence-corrected chi connectivity index (χ1v) is 7.49. The monoisotopic (exact) mass is 280 g/mol. The van der Waals surface area contributed by atoms with Crippen LogP contribution in [0.25, 0.3) is 10.1 Å². The largest absolute Gasteiger partial charge is 0.326 e. The third kappa shape index (κ3) is 2.81. The topological polar surface area (TPSA) is 29.3 Å². The molecule has 0 aliphatic carbocycles. The molecule has 104 valence electrons. The van der Waals surface area contributed by atoms with E-state index in [1.54, 1.807) is 17.4 Å². The lowest BCUT2D eigenvalue weighted by Crippen LogP contribution is -2.28. The minimum absolute atomic E-state index is 0.138. The summed E-state index contributed by atoms with van der Waals surface area (Å²) in [6, 6.07) is 5.74. The Morgan fingerprint density at radius 2 is 2.16 bits per heavy atom. The van der Waals surface area contributed by atoms with Gasteiger partial charge >= 0.3 is 0 Å². The van der Waals surface area contributed by atoms with Crippen LogP contribution in [0.15, 0.2) is 18.2 Å². The van der Waals surface area contributed by atoms with Crippen LogP contribution in [0.2, 0.25) is 0 Å². The third-order valence-corrected chi connectivity index (χ3v) is 5.00. The molecule has 0 aliphatic rings. The van der Waals surface area contributed by atoms with Crippen molar-refractivity contribution in [2.24, 2.45) is 5.73 Å². The highest BCUT2D eigenvalue weighted by Gasteiger charge is 2.17. The summed E-state index contributed by atoms with van der Waals surface area (Å²) >= 11 is 1.61. The van der Waals surface area contributed by atoms with Gasteiger partial charge in [0.15, 0.2) is 0 Å². The number of halogens is 1. The van der Waals surface area contributed by atoms with Gasteiger partial charge in [-0.1, -0.05) is 13.0 Å². The zero-order chi connectivity index (χ0) is 14.0. The van der Waals surface area contributed by atoms with Gasteiger partial charge in [-0.15, -0.1) is 11.3 Å². The number of hydrogen-bond donors (Lipinski definition) is 1. The van der Waals surface area contributed by atoms with Crippen molar-refractivity contribution < 1.29 is 4.39 Å². The SMILES string of the molecule is CCC(C)N(C)Cc1c(CN)sc2cccc(F)c12. The van der Waals surface area contributed by atoms with Crippen molar-refractivity contribution in [2.45, 2.75) is 39.4 Å². The summed E-state index contributed by atoms with van der Waals surface area (Å²) in [5.74, 6) is -0.138. The summed E-state index contributed by atoms with van der Waals surface area (Å²) in [6.07, 6.45) is 1.08. The lowest BCUT2D eigenvalue weighted by molar-refractivity contribution is 0.244. The van der Waals surface area contributed by atoms with Crippen LogP contribution in [0.4, 0.5) is 4.39 Å². The fourth-order valence-corrected chi connectivity index (χ4v) is 3.37. The smallest absolute Gasteiger partial charge is 0.132 e. The van der Waals surface area contributed by atoms with Gasteiger partial charge in [0.1, 0.15) is 5.82 Å². The molecule has 1 heterocycles. The van der Waals surface area contributed by atoms with E-state index < -0.39 is 0 Å². The Bertz CT molecular complexity index is 565. The van der Waals surface area contributed by atoms with Crippen LogP contribution in [0.5, 0.6) is 0 Å². The van der Waals surface area contributed by atoms with Gasteiger partial charge < -0.3 is 5.73 Å². The molecular weight excluding hydrogens is 259 g/mol. The molecule has 0 saturated heterocycles. The molecule has 0 spiro atoms. The van der Waals surface area contributed by atoms with E-state index in [9.17, 15) is 4.39 Å². The van der Waals surface area contributed by atoms with Crippen LogP contribution in [-0.2, 0) is 13.1 Å². The van der Waals surface area contributed by atoms with Crippen LogP contribution in [0, 0.1) is 5.82 Å². The van der Waals surface area contributed by atoms with Gasteiger partial charge in [0.25, 0.3) is 0 Å². The van der Waals surface area contributed by atoms with E-state index in [1.807, 2.05) is 6.07 Å². The molecule has 1 atom stereocenters. The summed E-state index contributed by atoms with van der Waals surface area (Å²) in [4.78, 5) is 3.35. The molecule has 1 unspecified atom stereocenters. The summed E-state index contributed by atoms with van der Waals surface area (Å²) in [5, 5.41) is 0.753. The summed E-state index contributed by atoms with van der Waals surface area (Å²) in [6.45, 7) is 5.58. The molecule has 2 nitrogen and oxygen atoms in total. The van der Waals surface area contributed by atoms with Gasteiger partial charge in [-0.25, -0.2) is 4.39 Å². The number of nitrogens with zero attached hydrogens (tertiary/aromatic N) is 1. The van der Waals surface area contributed by atoms with Gasteiger partial charge in [-0.3, -0.25) is 4.90 Å². The molecular formula is C15H21FN2S. The lowest BCUT2D eigenvalue weighted by atomic mass is 10.1. The maximum Gasteiger partial charge on any atom is 0.132 e. The standard InChI is InChI=1S/C15H21FN2S/c1-4-10(2)18(3)9-11-14(8-17)19-13-7-5-6-12(16)15(11)13/h5-7,10H,4,8-9,17H2,1-3H3. The van der Waals surface area contributed by atoms with E-state index >= 15 is 0 Å². The zero-order valence-corrected chi connectivity index (χ0v) is 12.6. The Hall–Kier alpha value is -0.970. The minimum atomic E-state index is -0.138. The van der Waals surface area contributed by atoms with Crippen molar-refractivity contribution in [3.8, 4) is 0 Å². The molecule has 0 saturated carbocycles. The van der Waals surface area contributed by atoms with Gasteiger partial charge in [0.05, 0.1) is 0 Å². The van der Waals surface area contributed by atoms with E-state index in [-0.39, 0.29) is 5.82 Å². The average molecular weight is 280 g/mol. The molecule has 2 N–H and O–H groups in total. The van der Waals surface area contributed by atoms with Crippen LogP contribution in [-0.4, -0.2) is 18.0 Å². The van der Waals surface area contributed by atoms with E-state index in [0.29, 0.717) is 12.6 Å². The van der Waals surface area contributed by atoms with Crippen LogP contribution >= 0.6 is 11.3 Å². The number of thiophene rings is 1. The molecule has 0 aliphatic heterocycles. The molecule has 0 bridgehead atoms. The van der Waals surface area contributed by atoms with Gasteiger partial charge in [-0.05, 0) is 38.1 Å². The maximum atomic E-state index is 14.1. The van der Waals surface area contributed by atoms with E-state index in [4.69, 9.17) is 5.73 Å². The first-order valence-electron chi connectivity index (χ1n) is 6.67. The van der Waals surface area contributed by atoms with Crippen molar-refractivity contribution in [1.82, 2.24) is 4.90 Å². The quantitative estimate of drug-likeness (QED) is 0.904. The normalized spacial score (nSPS) is 13.4. The molecule has 4 heteroatoms. The van der Waals surface area contributed by atoms with Crippen LogP contribution < -0.4 is 5.73 Å². The second kappa shape index (κ2) is 5.99. The predicted molar refractivity (Wildman–Crippen MR) is 80.9 cm³/mol. The van der Waals surface area contributed by atoms with Crippen molar-refractivity contribution in [3.63, 3.8) is 0 Å². The van der Waals surface area contributed by atoms with Gasteiger partial charge in [0.2, 0.25) is 0 Å². The average Bonchev–Trinajstić information content (AvgIpc) is 2.77. The van der Waals surface area contributed by atoms with Crippen molar-refractivity contribution in [2.75, 3.05) is 7.05 Å². The third-order valence-electron chi connectivity index (χ3n) is 3.78. The number of fused-ring (bicyclic) bond motifs is 1. The summed E-state index contributed by atoms with van der Waals surface area (Å²) < 4.78 is 15.1.